The van der Waals surface area contributed by atoms with Crippen LogP contribution in [0, 0.1) is 0 Å². The first kappa shape index (κ1) is 22.0. The van der Waals surface area contributed by atoms with E-state index in [1.54, 1.807) is 6.08 Å². The van der Waals surface area contributed by atoms with Crippen LogP contribution in [0.1, 0.15) is 19.4 Å². The Hall–Kier alpha value is -1.74. The Labute approximate surface area is 174 Å². The van der Waals surface area contributed by atoms with E-state index in [9.17, 15) is 13.2 Å². The molecule has 2 aliphatic rings. The molecular weight excluding hydrogens is 388 g/mol. The number of nitrogens with zero attached hydrogens (tertiary/aromatic N) is 4. The predicted octanol–water partition coefficient (Wildman–Crippen LogP) is 1.16. The molecule has 160 valence electrons. The third kappa shape index (κ3) is 5.66. The molecule has 8 heteroatoms. The number of rotatable bonds is 6. The van der Waals surface area contributed by atoms with E-state index in [0.29, 0.717) is 26.2 Å². The number of amides is 1. The fourth-order valence-electron chi connectivity index (χ4n) is 3.87. The molecule has 0 N–H and O–H groups in total. The van der Waals surface area contributed by atoms with Crippen molar-refractivity contribution in [3.8, 4) is 0 Å². The zero-order valence-corrected chi connectivity index (χ0v) is 18.2. The summed E-state index contributed by atoms with van der Waals surface area (Å²) in [5.41, 5.74) is 0.858. The molecule has 0 aliphatic carbocycles. The van der Waals surface area contributed by atoms with Crippen LogP contribution in [0.4, 0.5) is 0 Å². The summed E-state index contributed by atoms with van der Waals surface area (Å²) in [6.45, 7) is 10.4. The summed E-state index contributed by atoms with van der Waals surface area (Å²) >= 11 is 0. The Bertz CT molecular complexity index is 796. The molecule has 2 saturated heterocycles. The number of sulfonamides is 1. The average molecular weight is 421 g/mol. The first-order valence-corrected chi connectivity index (χ1v) is 11.9. The van der Waals surface area contributed by atoms with Gasteiger partial charge in [-0.1, -0.05) is 37.3 Å². The van der Waals surface area contributed by atoms with Gasteiger partial charge in [0.25, 0.3) is 0 Å². The van der Waals surface area contributed by atoms with Crippen LogP contribution in [0.5, 0.6) is 0 Å². The van der Waals surface area contributed by atoms with Crippen LogP contribution in [0.25, 0.3) is 6.08 Å². The van der Waals surface area contributed by atoms with Gasteiger partial charge >= 0.3 is 0 Å². The van der Waals surface area contributed by atoms with E-state index in [-0.39, 0.29) is 11.9 Å². The molecule has 1 aromatic carbocycles. The maximum absolute atomic E-state index is 12.9. The molecule has 0 radical (unpaired) electrons. The third-order valence-electron chi connectivity index (χ3n) is 5.90. The van der Waals surface area contributed by atoms with Gasteiger partial charge in [-0.15, -0.1) is 0 Å². The second kappa shape index (κ2) is 9.84. The van der Waals surface area contributed by atoms with E-state index in [4.69, 9.17) is 0 Å². The minimum Gasteiger partial charge on any atom is -0.339 e. The van der Waals surface area contributed by atoms with Gasteiger partial charge in [0, 0.05) is 57.8 Å². The second-order valence-electron chi connectivity index (χ2n) is 7.63. The van der Waals surface area contributed by atoms with Crippen LogP contribution in [-0.2, 0) is 14.8 Å². The lowest BCUT2D eigenvalue weighted by molar-refractivity contribution is -0.138. The van der Waals surface area contributed by atoms with Crippen LogP contribution < -0.4 is 0 Å². The van der Waals surface area contributed by atoms with Gasteiger partial charge in [0.05, 0.1) is 6.04 Å². The number of piperazine rings is 2. The molecule has 1 aromatic rings. The standard InChI is InChI=1S/C21H32N4O3S/c1-3-22-10-12-24(13-11-22)21(26)19(2)23-14-16-25(17-15-23)29(27,28)18-9-20-7-5-4-6-8-20/h4-9,18-19H,3,10-17H2,1-2H3/b18-9+/t19-/m0/s1. The maximum atomic E-state index is 12.9. The summed E-state index contributed by atoms with van der Waals surface area (Å²) in [5.74, 6) is 0.154. The molecule has 1 atom stereocenters. The first-order valence-electron chi connectivity index (χ1n) is 10.4. The molecule has 0 aromatic heterocycles. The van der Waals surface area contributed by atoms with Gasteiger partial charge in [0.2, 0.25) is 15.9 Å². The van der Waals surface area contributed by atoms with Crippen LogP contribution >= 0.6 is 0 Å². The number of carbonyl (C=O) groups excluding carboxylic acids is 1. The van der Waals surface area contributed by atoms with E-state index in [0.717, 1.165) is 38.3 Å². The summed E-state index contributed by atoms with van der Waals surface area (Å²) in [6, 6.07) is 9.19. The van der Waals surface area contributed by atoms with Crippen molar-refractivity contribution in [3.05, 3.63) is 41.3 Å². The predicted molar refractivity (Wildman–Crippen MR) is 116 cm³/mol. The monoisotopic (exact) mass is 420 g/mol. The normalized spacial score (nSPS) is 21.5. The van der Waals surface area contributed by atoms with Crippen molar-refractivity contribution in [3.63, 3.8) is 0 Å². The van der Waals surface area contributed by atoms with Crippen LogP contribution in [0.2, 0.25) is 0 Å². The molecule has 2 aliphatic heterocycles. The van der Waals surface area contributed by atoms with Crippen LogP contribution in [0.15, 0.2) is 35.7 Å². The van der Waals surface area contributed by atoms with Gasteiger partial charge in [0.15, 0.2) is 0 Å². The lowest BCUT2D eigenvalue weighted by atomic mass is 10.2. The lowest BCUT2D eigenvalue weighted by Gasteiger charge is -2.40. The molecule has 2 heterocycles. The SMILES string of the molecule is CCN1CCN(C(=O)[C@H](C)N2CCN(S(=O)(=O)/C=C/c3ccccc3)CC2)CC1. The van der Waals surface area contributed by atoms with Gasteiger partial charge in [-0.2, -0.15) is 4.31 Å². The molecule has 0 saturated carbocycles. The van der Waals surface area contributed by atoms with Crippen molar-refractivity contribution >= 4 is 22.0 Å². The highest BCUT2D eigenvalue weighted by molar-refractivity contribution is 7.92. The van der Waals surface area contributed by atoms with E-state index in [1.807, 2.05) is 42.2 Å². The zero-order chi connectivity index (χ0) is 20.9. The van der Waals surface area contributed by atoms with Crippen LogP contribution in [0.3, 0.4) is 0 Å². The minimum atomic E-state index is -3.46. The van der Waals surface area contributed by atoms with Gasteiger partial charge in [0.1, 0.15) is 0 Å². The molecule has 1 amide bonds. The van der Waals surface area contributed by atoms with Crippen molar-refractivity contribution in [2.45, 2.75) is 19.9 Å². The number of carbonyl (C=O) groups is 1. The third-order valence-corrected chi connectivity index (χ3v) is 7.47. The van der Waals surface area contributed by atoms with E-state index < -0.39 is 10.0 Å². The molecule has 29 heavy (non-hydrogen) atoms. The highest BCUT2D eigenvalue weighted by Gasteiger charge is 2.32. The molecule has 0 unspecified atom stereocenters. The highest BCUT2D eigenvalue weighted by atomic mass is 32.2. The smallest absolute Gasteiger partial charge is 0.239 e. The summed E-state index contributed by atoms with van der Waals surface area (Å²) in [7, 11) is -3.46. The Kier molecular flexibility index (Phi) is 7.45. The van der Waals surface area contributed by atoms with Crippen molar-refractivity contribution in [2.75, 3.05) is 58.9 Å². The van der Waals surface area contributed by atoms with Crippen molar-refractivity contribution in [1.82, 2.24) is 19.0 Å². The van der Waals surface area contributed by atoms with Crippen molar-refractivity contribution in [1.29, 1.82) is 0 Å². The quantitative estimate of drug-likeness (QED) is 0.691. The number of likely N-dealkylation sites (N-methyl/N-ethyl adjacent to an activating group) is 1. The molecule has 0 spiro atoms. The number of hydrogen-bond acceptors (Lipinski definition) is 5. The maximum Gasteiger partial charge on any atom is 0.239 e. The zero-order valence-electron chi connectivity index (χ0n) is 17.4. The van der Waals surface area contributed by atoms with Crippen molar-refractivity contribution in [2.24, 2.45) is 0 Å². The topological polar surface area (TPSA) is 64.2 Å². The van der Waals surface area contributed by atoms with Gasteiger partial charge in [-0.05, 0) is 25.1 Å². The van der Waals surface area contributed by atoms with Gasteiger partial charge in [-0.3, -0.25) is 9.69 Å². The van der Waals surface area contributed by atoms with Gasteiger partial charge in [-0.25, -0.2) is 8.42 Å². The Morgan fingerprint density at radius 3 is 2.21 bits per heavy atom. The molecular formula is C21H32N4O3S. The van der Waals surface area contributed by atoms with Crippen molar-refractivity contribution < 1.29 is 13.2 Å². The number of hydrogen-bond donors (Lipinski definition) is 0. The Morgan fingerprint density at radius 1 is 1.00 bits per heavy atom. The Balaban J connectivity index is 1.51. The fraction of sp³-hybridized carbons (Fsp3) is 0.571. The summed E-state index contributed by atoms with van der Waals surface area (Å²) in [6.07, 6.45) is 1.63. The number of benzene rings is 1. The fourth-order valence-corrected chi connectivity index (χ4v) is 5.04. The van der Waals surface area contributed by atoms with E-state index in [1.165, 1.54) is 9.71 Å². The minimum absolute atomic E-state index is 0.154. The lowest BCUT2D eigenvalue weighted by Crippen LogP contribution is -2.57. The summed E-state index contributed by atoms with van der Waals surface area (Å²) in [4.78, 5) is 19.2. The Morgan fingerprint density at radius 2 is 1.62 bits per heavy atom. The highest BCUT2D eigenvalue weighted by Crippen LogP contribution is 2.15. The van der Waals surface area contributed by atoms with Gasteiger partial charge < -0.3 is 9.80 Å². The van der Waals surface area contributed by atoms with E-state index in [2.05, 4.69) is 16.7 Å². The summed E-state index contributed by atoms with van der Waals surface area (Å²) in [5, 5.41) is 1.28. The second-order valence-corrected chi connectivity index (χ2v) is 9.45. The molecule has 2 fully saturated rings. The molecule has 3 rings (SSSR count). The molecule has 7 nitrogen and oxygen atoms in total. The summed E-state index contributed by atoms with van der Waals surface area (Å²) < 4.78 is 26.7. The largest absolute Gasteiger partial charge is 0.339 e. The average Bonchev–Trinajstić information content (AvgIpc) is 2.77. The first-order chi connectivity index (χ1) is 13.9. The molecule has 0 bridgehead atoms. The van der Waals surface area contributed by atoms with E-state index >= 15 is 0 Å². The van der Waals surface area contributed by atoms with Crippen LogP contribution in [-0.4, -0.2) is 98.3 Å².